The summed E-state index contributed by atoms with van der Waals surface area (Å²) in [5.41, 5.74) is 0. The molecule has 20 heavy (non-hydrogen) atoms. The van der Waals surface area contributed by atoms with Crippen molar-refractivity contribution in [2.45, 2.75) is 46.2 Å². The van der Waals surface area contributed by atoms with Gasteiger partial charge >= 0.3 is 0 Å². The van der Waals surface area contributed by atoms with E-state index < -0.39 is 0 Å². The van der Waals surface area contributed by atoms with Gasteiger partial charge in [-0.1, -0.05) is 27.7 Å². The van der Waals surface area contributed by atoms with Crippen LogP contribution in [0.1, 0.15) is 34.1 Å². The maximum Gasteiger partial charge on any atom is 0.234 e. The van der Waals surface area contributed by atoms with Crippen LogP contribution < -0.4 is 10.6 Å². The molecular formula is C15H31N3O2. The van der Waals surface area contributed by atoms with Gasteiger partial charge in [0.2, 0.25) is 5.91 Å². The van der Waals surface area contributed by atoms with Gasteiger partial charge in [0.05, 0.1) is 19.8 Å². The van der Waals surface area contributed by atoms with Crippen molar-refractivity contribution in [3.63, 3.8) is 0 Å². The van der Waals surface area contributed by atoms with Crippen LogP contribution in [0.25, 0.3) is 0 Å². The smallest absolute Gasteiger partial charge is 0.234 e. The van der Waals surface area contributed by atoms with E-state index in [0.717, 1.165) is 39.3 Å². The van der Waals surface area contributed by atoms with Crippen molar-refractivity contribution in [3.05, 3.63) is 0 Å². The fraction of sp³-hybridized carbons (Fsp3) is 0.933. The molecule has 1 atom stereocenters. The molecule has 0 saturated carbocycles. The summed E-state index contributed by atoms with van der Waals surface area (Å²) in [6, 6.07) is 0.758. The second kappa shape index (κ2) is 9.32. The molecule has 0 aromatic rings. The Kier molecular flexibility index (Phi) is 8.11. The van der Waals surface area contributed by atoms with Crippen LogP contribution in [0, 0.1) is 5.92 Å². The summed E-state index contributed by atoms with van der Waals surface area (Å²) in [6.07, 6.45) is 1.11. The Morgan fingerprint density at radius 1 is 1.20 bits per heavy atom. The molecule has 1 saturated heterocycles. The lowest BCUT2D eigenvalue weighted by Gasteiger charge is -2.35. The van der Waals surface area contributed by atoms with Gasteiger partial charge in [0.15, 0.2) is 0 Å². The number of nitrogens with one attached hydrogen (secondary N) is 2. The maximum atomic E-state index is 11.8. The highest BCUT2D eigenvalue weighted by molar-refractivity contribution is 5.78. The first kappa shape index (κ1) is 17.4. The fourth-order valence-electron chi connectivity index (χ4n) is 2.44. The third kappa shape index (κ3) is 7.22. The third-order valence-corrected chi connectivity index (χ3v) is 3.51. The van der Waals surface area contributed by atoms with E-state index in [9.17, 15) is 4.79 Å². The van der Waals surface area contributed by atoms with E-state index in [1.54, 1.807) is 0 Å². The first-order valence-electron chi connectivity index (χ1n) is 7.81. The Hall–Kier alpha value is -0.650. The van der Waals surface area contributed by atoms with E-state index in [1.165, 1.54) is 0 Å². The molecule has 118 valence electrons. The van der Waals surface area contributed by atoms with Crippen LogP contribution in [-0.2, 0) is 9.53 Å². The Morgan fingerprint density at radius 3 is 2.40 bits per heavy atom. The van der Waals surface area contributed by atoms with Crippen LogP contribution in [0.3, 0.4) is 0 Å². The van der Waals surface area contributed by atoms with Gasteiger partial charge in [-0.15, -0.1) is 0 Å². The zero-order valence-corrected chi connectivity index (χ0v) is 13.4. The van der Waals surface area contributed by atoms with Gasteiger partial charge in [-0.2, -0.15) is 0 Å². The van der Waals surface area contributed by atoms with Crippen molar-refractivity contribution in [3.8, 4) is 0 Å². The number of carbonyl (C=O) groups excluding carboxylic acids is 1. The number of hydrogen-bond acceptors (Lipinski definition) is 4. The largest absolute Gasteiger partial charge is 0.379 e. The molecule has 2 N–H and O–H groups in total. The minimum Gasteiger partial charge on any atom is -0.379 e. The van der Waals surface area contributed by atoms with Crippen LogP contribution in [-0.4, -0.2) is 62.3 Å². The van der Waals surface area contributed by atoms with E-state index in [2.05, 4.69) is 29.4 Å². The zero-order chi connectivity index (χ0) is 15.0. The Balaban J connectivity index is 2.37. The molecule has 1 unspecified atom stereocenters. The molecule has 1 aliphatic heterocycles. The average molecular weight is 285 g/mol. The number of amides is 1. The Labute approximate surface area is 123 Å². The minimum absolute atomic E-state index is 0.0840. The van der Waals surface area contributed by atoms with Gasteiger partial charge in [0.1, 0.15) is 0 Å². The summed E-state index contributed by atoms with van der Waals surface area (Å²) in [6.45, 7) is 13.2. The van der Waals surface area contributed by atoms with Crippen molar-refractivity contribution in [1.29, 1.82) is 0 Å². The summed E-state index contributed by atoms with van der Waals surface area (Å²) in [5.74, 6) is 0.717. The lowest BCUT2D eigenvalue weighted by Crippen LogP contribution is -2.50. The van der Waals surface area contributed by atoms with Crippen molar-refractivity contribution in [2.24, 2.45) is 5.92 Å². The summed E-state index contributed by atoms with van der Waals surface area (Å²) in [4.78, 5) is 14.2. The zero-order valence-electron chi connectivity index (χ0n) is 13.4. The molecular weight excluding hydrogens is 254 g/mol. The van der Waals surface area contributed by atoms with E-state index >= 15 is 0 Å². The summed E-state index contributed by atoms with van der Waals surface area (Å²) in [5, 5.41) is 6.20. The van der Waals surface area contributed by atoms with Gasteiger partial charge in [-0.05, 0) is 12.3 Å². The third-order valence-electron chi connectivity index (χ3n) is 3.51. The highest BCUT2D eigenvalue weighted by Gasteiger charge is 2.22. The molecule has 0 aromatic heterocycles. The molecule has 1 aliphatic rings. The van der Waals surface area contributed by atoms with Gasteiger partial charge in [-0.25, -0.2) is 0 Å². The molecule has 0 radical (unpaired) electrons. The second-order valence-electron chi connectivity index (χ2n) is 6.27. The summed E-state index contributed by atoms with van der Waals surface area (Å²) >= 11 is 0. The van der Waals surface area contributed by atoms with Crippen molar-refractivity contribution in [1.82, 2.24) is 15.5 Å². The normalized spacial score (nSPS) is 18.5. The molecule has 1 amide bonds. The highest BCUT2D eigenvalue weighted by atomic mass is 16.5. The number of morpholine rings is 1. The number of carbonyl (C=O) groups is 1. The van der Waals surface area contributed by atoms with Crippen LogP contribution >= 0.6 is 0 Å². The molecule has 5 heteroatoms. The second-order valence-corrected chi connectivity index (χ2v) is 6.27. The molecule has 5 nitrogen and oxygen atoms in total. The summed E-state index contributed by atoms with van der Waals surface area (Å²) < 4.78 is 5.41. The van der Waals surface area contributed by atoms with Crippen LogP contribution in [0.4, 0.5) is 0 Å². The quantitative estimate of drug-likeness (QED) is 0.694. The van der Waals surface area contributed by atoms with Gasteiger partial charge in [0, 0.05) is 31.7 Å². The first-order valence-corrected chi connectivity index (χ1v) is 7.81. The molecule has 1 fully saturated rings. The number of rotatable bonds is 8. The van der Waals surface area contributed by atoms with Crippen LogP contribution in [0.15, 0.2) is 0 Å². The summed E-state index contributed by atoms with van der Waals surface area (Å²) in [7, 11) is 0. The lowest BCUT2D eigenvalue weighted by molar-refractivity contribution is -0.120. The van der Waals surface area contributed by atoms with Crippen molar-refractivity contribution in [2.75, 3.05) is 39.4 Å². The monoisotopic (exact) mass is 285 g/mol. The maximum absolute atomic E-state index is 11.8. The Morgan fingerprint density at radius 2 is 1.85 bits per heavy atom. The minimum atomic E-state index is 0.0840. The molecule has 1 heterocycles. The van der Waals surface area contributed by atoms with Crippen molar-refractivity contribution < 1.29 is 9.53 Å². The van der Waals surface area contributed by atoms with Crippen LogP contribution in [0.5, 0.6) is 0 Å². The molecule has 0 bridgehead atoms. The lowest BCUT2D eigenvalue weighted by atomic mass is 10.0. The van der Waals surface area contributed by atoms with E-state index in [-0.39, 0.29) is 5.91 Å². The fourth-order valence-corrected chi connectivity index (χ4v) is 2.44. The van der Waals surface area contributed by atoms with E-state index in [0.29, 0.717) is 24.5 Å². The number of nitrogens with zero attached hydrogens (tertiary/aromatic N) is 1. The standard InChI is InChI=1S/C15H31N3O2/c1-12(2)9-14(18-5-7-20-8-6-18)10-17-15(19)11-16-13(3)4/h12-14,16H,5-11H2,1-4H3,(H,17,19). The van der Waals surface area contributed by atoms with E-state index in [1.807, 2.05) is 13.8 Å². The average Bonchev–Trinajstić information content (AvgIpc) is 2.41. The molecule has 0 aromatic carbocycles. The molecule has 1 rings (SSSR count). The highest BCUT2D eigenvalue weighted by Crippen LogP contribution is 2.12. The Bertz CT molecular complexity index is 276. The van der Waals surface area contributed by atoms with Gasteiger partial charge in [-0.3, -0.25) is 9.69 Å². The number of hydrogen-bond donors (Lipinski definition) is 2. The SMILES string of the molecule is CC(C)CC(CNC(=O)CNC(C)C)N1CCOCC1. The first-order chi connectivity index (χ1) is 9.49. The van der Waals surface area contributed by atoms with Gasteiger partial charge < -0.3 is 15.4 Å². The van der Waals surface area contributed by atoms with Crippen LogP contribution in [0.2, 0.25) is 0 Å². The topological polar surface area (TPSA) is 53.6 Å². The van der Waals surface area contributed by atoms with Gasteiger partial charge in [0.25, 0.3) is 0 Å². The van der Waals surface area contributed by atoms with E-state index in [4.69, 9.17) is 4.74 Å². The van der Waals surface area contributed by atoms with Crippen molar-refractivity contribution >= 4 is 5.91 Å². The predicted octanol–water partition coefficient (Wildman–Crippen LogP) is 0.848. The molecule has 0 aliphatic carbocycles. The predicted molar refractivity (Wildman–Crippen MR) is 81.8 cm³/mol. The number of ether oxygens (including phenoxy) is 1. The molecule has 0 spiro atoms.